The number of amides is 1. The van der Waals surface area contributed by atoms with E-state index in [0.29, 0.717) is 12.1 Å². The highest BCUT2D eigenvalue weighted by Gasteiger charge is 2.21. The molecule has 0 fully saturated rings. The first-order valence-electron chi connectivity index (χ1n) is 8.36. The monoisotopic (exact) mass is 368 g/mol. The topological polar surface area (TPSA) is 79.3 Å². The molecule has 0 aliphatic carbocycles. The van der Waals surface area contributed by atoms with Crippen molar-refractivity contribution in [2.24, 2.45) is 5.92 Å². The molecule has 1 atom stereocenters. The van der Waals surface area contributed by atoms with Crippen molar-refractivity contribution in [3.05, 3.63) is 63.6 Å². The van der Waals surface area contributed by atoms with Gasteiger partial charge in [-0.15, -0.1) is 11.3 Å². The summed E-state index contributed by atoms with van der Waals surface area (Å²) >= 11 is 1.45. The van der Waals surface area contributed by atoms with Gasteiger partial charge >= 0.3 is 5.97 Å². The molecule has 0 aliphatic heterocycles. The molecule has 1 unspecified atom stereocenters. The van der Waals surface area contributed by atoms with E-state index in [4.69, 9.17) is 0 Å². The number of fused-ring (bicyclic) bond motifs is 1. The lowest BCUT2D eigenvalue weighted by Crippen LogP contribution is -2.34. The van der Waals surface area contributed by atoms with Crippen molar-refractivity contribution in [3.63, 3.8) is 0 Å². The summed E-state index contributed by atoms with van der Waals surface area (Å²) < 4.78 is 0. The van der Waals surface area contributed by atoms with Crippen LogP contribution >= 0.6 is 11.3 Å². The van der Waals surface area contributed by atoms with Gasteiger partial charge in [0.2, 0.25) is 0 Å². The van der Waals surface area contributed by atoms with Crippen LogP contribution in [-0.2, 0) is 11.2 Å². The van der Waals surface area contributed by atoms with E-state index in [-0.39, 0.29) is 12.5 Å². The average Bonchev–Trinajstić information content (AvgIpc) is 2.96. The molecule has 3 rings (SSSR count). The number of carbonyl (C=O) groups is 2. The Balaban J connectivity index is 1.69. The molecule has 1 amide bonds. The predicted molar refractivity (Wildman–Crippen MR) is 103 cm³/mol. The Hall–Kier alpha value is -2.73. The molecule has 0 radical (unpaired) electrons. The summed E-state index contributed by atoms with van der Waals surface area (Å²) in [6, 6.07) is 13.9. The summed E-state index contributed by atoms with van der Waals surface area (Å²) in [6.07, 6.45) is 0.357. The first kappa shape index (κ1) is 18.1. The van der Waals surface area contributed by atoms with Crippen LogP contribution in [0.1, 0.15) is 25.9 Å². The Morgan fingerprint density at radius 1 is 1.15 bits per heavy atom. The molecule has 3 aromatic rings. The van der Waals surface area contributed by atoms with Crippen molar-refractivity contribution in [2.45, 2.75) is 20.3 Å². The third-order valence-electron chi connectivity index (χ3n) is 4.27. The fourth-order valence-corrected chi connectivity index (χ4v) is 3.75. The van der Waals surface area contributed by atoms with E-state index in [1.54, 1.807) is 0 Å². The number of carboxylic acid groups (broad SMARTS) is 1. The Morgan fingerprint density at radius 2 is 1.88 bits per heavy atom. The molecule has 0 aliphatic rings. The van der Waals surface area contributed by atoms with Gasteiger partial charge in [-0.05, 0) is 36.6 Å². The van der Waals surface area contributed by atoms with Gasteiger partial charge in [0.15, 0.2) is 0 Å². The molecule has 0 spiro atoms. The quantitative estimate of drug-likeness (QED) is 0.697. The van der Waals surface area contributed by atoms with Crippen molar-refractivity contribution in [3.8, 4) is 0 Å². The third-order valence-corrected chi connectivity index (χ3v) is 5.16. The standard InChI is InChI=1S/C20H20N2O3S/c1-12-18(22-13(2)26-12)19(23)21-11-17(20(24)25)10-14-7-8-15-5-3-4-6-16(15)9-14/h3-9,17H,10-11H2,1-2H3,(H,21,23)(H,24,25). The summed E-state index contributed by atoms with van der Waals surface area (Å²) in [5.41, 5.74) is 1.31. The molecule has 5 nitrogen and oxygen atoms in total. The van der Waals surface area contributed by atoms with Crippen LogP contribution in [0.2, 0.25) is 0 Å². The minimum atomic E-state index is -0.926. The second-order valence-corrected chi connectivity index (χ2v) is 7.68. The van der Waals surface area contributed by atoms with Crippen LogP contribution in [0, 0.1) is 19.8 Å². The molecule has 0 bridgehead atoms. The largest absolute Gasteiger partial charge is 0.481 e. The number of hydrogen-bond donors (Lipinski definition) is 2. The van der Waals surface area contributed by atoms with Gasteiger partial charge in [-0.3, -0.25) is 9.59 Å². The van der Waals surface area contributed by atoms with E-state index < -0.39 is 11.9 Å². The van der Waals surface area contributed by atoms with Crippen LogP contribution in [0.5, 0.6) is 0 Å². The number of carboxylic acids is 1. The molecule has 134 valence electrons. The van der Waals surface area contributed by atoms with Crippen molar-refractivity contribution < 1.29 is 14.7 Å². The molecule has 1 heterocycles. The van der Waals surface area contributed by atoms with E-state index in [1.165, 1.54) is 11.3 Å². The number of carbonyl (C=O) groups excluding carboxylic acids is 1. The molecule has 2 aromatic carbocycles. The van der Waals surface area contributed by atoms with Crippen LogP contribution in [0.3, 0.4) is 0 Å². The van der Waals surface area contributed by atoms with Crippen LogP contribution in [-0.4, -0.2) is 28.5 Å². The Kier molecular flexibility index (Phi) is 5.32. The van der Waals surface area contributed by atoms with Gasteiger partial charge in [-0.2, -0.15) is 0 Å². The summed E-state index contributed by atoms with van der Waals surface area (Å²) in [6.45, 7) is 3.74. The minimum absolute atomic E-state index is 0.0665. The molecule has 1 aromatic heterocycles. The zero-order valence-corrected chi connectivity index (χ0v) is 15.5. The van der Waals surface area contributed by atoms with E-state index in [0.717, 1.165) is 26.2 Å². The molecule has 26 heavy (non-hydrogen) atoms. The van der Waals surface area contributed by atoms with E-state index in [9.17, 15) is 14.7 Å². The highest BCUT2D eigenvalue weighted by Crippen LogP contribution is 2.19. The Bertz CT molecular complexity index is 965. The molecular formula is C20H20N2O3S. The zero-order valence-electron chi connectivity index (χ0n) is 14.7. The number of aromatic nitrogens is 1. The SMILES string of the molecule is Cc1nc(C(=O)NCC(Cc2ccc3ccccc3c2)C(=O)O)c(C)s1. The zero-order chi connectivity index (χ0) is 18.7. The van der Waals surface area contributed by atoms with Gasteiger partial charge in [0.05, 0.1) is 10.9 Å². The van der Waals surface area contributed by atoms with Crippen LogP contribution in [0.15, 0.2) is 42.5 Å². The summed E-state index contributed by atoms with van der Waals surface area (Å²) in [5, 5.41) is 15.3. The Morgan fingerprint density at radius 3 is 2.54 bits per heavy atom. The molecule has 0 saturated heterocycles. The van der Waals surface area contributed by atoms with Crippen molar-refractivity contribution in [1.29, 1.82) is 0 Å². The molecule has 0 saturated carbocycles. The smallest absolute Gasteiger partial charge is 0.308 e. The number of nitrogens with one attached hydrogen (secondary N) is 1. The first-order valence-corrected chi connectivity index (χ1v) is 9.18. The minimum Gasteiger partial charge on any atom is -0.481 e. The van der Waals surface area contributed by atoms with Gasteiger partial charge in [0, 0.05) is 11.4 Å². The number of nitrogens with zero attached hydrogens (tertiary/aromatic N) is 1. The number of rotatable bonds is 6. The van der Waals surface area contributed by atoms with Gasteiger partial charge in [-0.1, -0.05) is 42.5 Å². The lowest BCUT2D eigenvalue weighted by atomic mass is 9.97. The van der Waals surface area contributed by atoms with Crippen LogP contribution in [0.25, 0.3) is 10.8 Å². The Labute approximate surface area is 155 Å². The maximum atomic E-state index is 12.3. The summed E-state index contributed by atoms with van der Waals surface area (Å²) in [7, 11) is 0. The molecule has 2 N–H and O–H groups in total. The fourth-order valence-electron chi connectivity index (χ4n) is 2.94. The van der Waals surface area contributed by atoms with Gasteiger partial charge < -0.3 is 10.4 Å². The maximum Gasteiger partial charge on any atom is 0.308 e. The first-order chi connectivity index (χ1) is 12.4. The van der Waals surface area contributed by atoms with Crippen LogP contribution in [0.4, 0.5) is 0 Å². The summed E-state index contributed by atoms with van der Waals surface area (Å²) in [5.74, 6) is -1.94. The molecule has 6 heteroatoms. The van der Waals surface area contributed by atoms with E-state index in [2.05, 4.69) is 10.3 Å². The number of aryl methyl sites for hydroxylation is 2. The highest BCUT2D eigenvalue weighted by atomic mass is 32.1. The lowest BCUT2D eigenvalue weighted by molar-refractivity contribution is -0.141. The third kappa shape index (κ3) is 4.08. The maximum absolute atomic E-state index is 12.3. The average molecular weight is 368 g/mol. The van der Waals surface area contributed by atoms with Gasteiger partial charge in [0.25, 0.3) is 5.91 Å². The van der Waals surface area contributed by atoms with Gasteiger partial charge in [-0.25, -0.2) is 4.98 Å². The molecular weight excluding hydrogens is 348 g/mol. The number of hydrogen-bond acceptors (Lipinski definition) is 4. The second kappa shape index (κ2) is 7.66. The van der Waals surface area contributed by atoms with Crippen molar-refractivity contribution >= 4 is 34.0 Å². The normalized spacial score (nSPS) is 12.1. The van der Waals surface area contributed by atoms with E-state index in [1.807, 2.05) is 56.3 Å². The predicted octanol–water partition coefficient (Wildman–Crippen LogP) is 3.59. The number of aliphatic carboxylic acids is 1. The van der Waals surface area contributed by atoms with Crippen molar-refractivity contribution in [2.75, 3.05) is 6.54 Å². The number of benzene rings is 2. The highest BCUT2D eigenvalue weighted by molar-refractivity contribution is 7.11. The second-order valence-electron chi connectivity index (χ2n) is 6.27. The number of thiazole rings is 1. The van der Waals surface area contributed by atoms with E-state index >= 15 is 0 Å². The summed E-state index contributed by atoms with van der Waals surface area (Å²) in [4.78, 5) is 28.9. The van der Waals surface area contributed by atoms with Crippen LogP contribution < -0.4 is 5.32 Å². The van der Waals surface area contributed by atoms with Crippen molar-refractivity contribution in [1.82, 2.24) is 10.3 Å². The van der Waals surface area contributed by atoms with Gasteiger partial charge in [0.1, 0.15) is 5.69 Å². The lowest BCUT2D eigenvalue weighted by Gasteiger charge is -2.14. The fraction of sp³-hybridized carbons (Fsp3) is 0.250.